The fraction of sp³-hybridized carbons (Fsp3) is 0.778. The summed E-state index contributed by atoms with van der Waals surface area (Å²) in [6, 6.07) is 0.625. The van der Waals surface area contributed by atoms with E-state index in [2.05, 4.69) is 38.9 Å². The molecule has 25 heavy (non-hydrogen) atoms. The van der Waals surface area contributed by atoms with Gasteiger partial charge in [0, 0.05) is 57.4 Å². The van der Waals surface area contributed by atoms with Gasteiger partial charge in [-0.05, 0) is 12.3 Å². The molecule has 0 saturated carbocycles. The quantitative estimate of drug-likeness (QED) is 0.821. The Morgan fingerprint density at radius 3 is 3.12 bits per heavy atom. The van der Waals surface area contributed by atoms with Gasteiger partial charge in [0.2, 0.25) is 0 Å². The highest BCUT2D eigenvalue weighted by Crippen LogP contribution is 2.26. The van der Waals surface area contributed by atoms with Crippen LogP contribution in [0.5, 0.6) is 0 Å². The van der Waals surface area contributed by atoms with E-state index in [1.54, 1.807) is 0 Å². The number of morpholine rings is 1. The number of ether oxygens (including phenoxy) is 1. The Hall–Kier alpha value is -1.44. The van der Waals surface area contributed by atoms with E-state index in [4.69, 9.17) is 4.74 Å². The highest BCUT2D eigenvalue weighted by molar-refractivity contribution is 5.92. The molecule has 2 fully saturated rings. The largest absolute Gasteiger partial charge is 0.375 e. The van der Waals surface area contributed by atoms with Crippen LogP contribution < -0.4 is 10.6 Å². The van der Waals surface area contributed by atoms with Crippen molar-refractivity contribution in [2.45, 2.75) is 51.4 Å². The van der Waals surface area contributed by atoms with Gasteiger partial charge < -0.3 is 19.9 Å². The molecule has 0 bridgehead atoms. The summed E-state index contributed by atoms with van der Waals surface area (Å²) in [5.41, 5.74) is 0.554. The summed E-state index contributed by atoms with van der Waals surface area (Å²) in [6.07, 6.45) is 4.05. The van der Waals surface area contributed by atoms with Crippen LogP contribution in [0.4, 0.5) is 0 Å². The van der Waals surface area contributed by atoms with Gasteiger partial charge in [-0.2, -0.15) is 0 Å². The fourth-order valence-electron chi connectivity index (χ4n) is 4.15. The SMILES string of the molecule is CC(C)[C@H]1CN2C[C@H](NC(=O)c3cn4c(n3)CCNCC4)C[C@H]2CO1. The van der Waals surface area contributed by atoms with E-state index in [9.17, 15) is 4.79 Å². The van der Waals surface area contributed by atoms with Crippen molar-refractivity contribution in [3.63, 3.8) is 0 Å². The highest BCUT2D eigenvalue weighted by atomic mass is 16.5. The van der Waals surface area contributed by atoms with Gasteiger partial charge in [-0.25, -0.2) is 4.98 Å². The number of carbonyl (C=O) groups excluding carboxylic acids is 1. The maximum absolute atomic E-state index is 12.6. The first-order chi connectivity index (χ1) is 12.1. The van der Waals surface area contributed by atoms with Gasteiger partial charge in [-0.15, -0.1) is 0 Å². The molecule has 1 amide bonds. The predicted octanol–water partition coefficient (Wildman–Crippen LogP) is 0.256. The second kappa shape index (κ2) is 7.05. The zero-order valence-electron chi connectivity index (χ0n) is 15.2. The number of hydrogen-bond donors (Lipinski definition) is 2. The van der Waals surface area contributed by atoms with Gasteiger partial charge >= 0.3 is 0 Å². The van der Waals surface area contributed by atoms with E-state index in [1.165, 1.54) is 0 Å². The van der Waals surface area contributed by atoms with Gasteiger partial charge in [-0.1, -0.05) is 13.8 Å². The number of fused-ring (bicyclic) bond motifs is 2. The summed E-state index contributed by atoms with van der Waals surface area (Å²) in [6.45, 7) is 9.82. The maximum atomic E-state index is 12.6. The summed E-state index contributed by atoms with van der Waals surface area (Å²) < 4.78 is 8.09. The molecular weight excluding hydrogens is 318 g/mol. The molecule has 2 saturated heterocycles. The van der Waals surface area contributed by atoms with Gasteiger partial charge in [0.1, 0.15) is 11.5 Å². The van der Waals surface area contributed by atoms with Gasteiger partial charge in [0.15, 0.2) is 0 Å². The van der Waals surface area contributed by atoms with Crippen LogP contribution in [0.3, 0.4) is 0 Å². The van der Waals surface area contributed by atoms with Crippen molar-refractivity contribution in [1.82, 2.24) is 25.1 Å². The zero-order chi connectivity index (χ0) is 17.4. The minimum absolute atomic E-state index is 0.0419. The predicted molar refractivity (Wildman–Crippen MR) is 94.6 cm³/mol. The van der Waals surface area contributed by atoms with E-state index in [1.807, 2.05) is 6.20 Å². The Morgan fingerprint density at radius 2 is 2.28 bits per heavy atom. The van der Waals surface area contributed by atoms with Crippen LogP contribution >= 0.6 is 0 Å². The van der Waals surface area contributed by atoms with E-state index in [0.717, 1.165) is 58.0 Å². The average Bonchev–Trinajstić information content (AvgIpc) is 3.11. The van der Waals surface area contributed by atoms with Gasteiger partial charge in [-0.3, -0.25) is 9.69 Å². The first-order valence-electron chi connectivity index (χ1n) is 9.53. The molecule has 1 aromatic heterocycles. The van der Waals surface area contributed by atoms with Crippen molar-refractivity contribution >= 4 is 5.91 Å². The molecular formula is C18H29N5O2. The van der Waals surface area contributed by atoms with Crippen molar-refractivity contribution in [3.05, 3.63) is 17.7 Å². The lowest BCUT2D eigenvalue weighted by Crippen LogP contribution is -2.48. The fourth-order valence-corrected chi connectivity index (χ4v) is 4.15. The molecule has 0 aliphatic carbocycles. The number of aromatic nitrogens is 2. The monoisotopic (exact) mass is 347 g/mol. The van der Waals surface area contributed by atoms with E-state index in [0.29, 0.717) is 23.8 Å². The lowest BCUT2D eigenvalue weighted by atomic mass is 10.0. The molecule has 0 unspecified atom stereocenters. The van der Waals surface area contributed by atoms with Crippen LogP contribution in [-0.2, 0) is 17.7 Å². The standard InChI is InChI=1S/C18H29N5O2/c1-12(2)16-10-23-8-13(7-14(23)11-25-16)20-18(24)15-9-22-6-5-19-4-3-17(22)21-15/h9,12-14,16,19H,3-8,10-11H2,1-2H3,(H,20,24)/t13-,14+,16-/m1/s1. The summed E-state index contributed by atoms with van der Waals surface area (Å²) >= 11 is 0. The topological polar surface area (TPSA) is 71.4 Å². The first kappa shape index (κ1) is 17.0. The Labute approximate surface area is 149 Å². The van der Waals surface area contributed by atoms with E-state index >= 15 is 0 Å². The summed E-state index contributed by atoms with van der Waals surface area (Å²) in [5, 5.41) is 6.54. The third-order valence-corrected chi connectivity index (χ3v) is 5.67. The minimum Gasteiger partial charge on any atom is -0.375 e. The van der Waals surface area contributed by atoms with Crippen molar-refractivity contribution in [1.29, 1.82) is 0 Å². The zero-order valence-corrected chi connectivity index (χ0v) is 15.2. The molecule has 4 heterocycles. The van der Waals surface area contributed by atoms with Crippen LogP contribution in [0, 0.1) is 5.92 Å². The molecule has 3 aliphatic rings. The number of rotatable bonds is 3. The molecule has 3 atom stereocenters. The molecule has 4 rings (SSSR count). The third-order valence-electron chi connectivity index (χ3n) is 5.67. The van der Waals surface area contributed by atoms with Crippen LogP contribution in [0.25, 0.3) is 0 Å². The van der Waals surface area contributed by atoms with Crippen molar-refractivity contribution < 1.29 is 9.53 Å². The smallest absolute Gasteiger partial charge is 0.271 e. The van der Waals surface area contributed by atoms with Crippen molar-refractivity contribution in [2.75, 3.05) is 32.8 Å². The molecule has 7 heteroatoms. The van der Waals surface area contributed by atoms with Crippen LogP contribution in [0.2, 0.25) is 0 Å². The minimum atomic E-state index is -0.0419. The van der Waals surface area contributed by atoms with Crippen LogP contribution in [0.15, 0.2) is 6.20 Å². The van der Waals surface area contributed by atoms with Crippen LogP contribution in [-0.4, -0.2) is 71.3 Å². The number of nitrogens with one attached hydrogen (secondary N) is 2. The molecule has 3 aliphatic heterocycles. The summed E-state index contributed by atoms with van der Waals surface area (Å²) in [4.78, 5) is 19.7. The van der Waals surface area contributed by atoms with Crippen molar-refractivity contribution in [3.8, 4) is 0 Å². The lowest BCUT2D eigenvalue weighted by molar-refractivity contribution is -0.0683. The number of imidazole rings is 1. The number of carbonyl (C=O) groups is 1. The highest BCUT2D eigenvalue weighted by Gasteiger charge is 2.38. The molecule has 2 N–H and O–H groups in total. The third kappa shape index (κ3) is 3.59. The summed E-state index contributed by atoms with van der Waals surface area (Å²) in [5.74, 6) is 1.50. The lowest BCUT2D eigenvalue weighted by Gasteiger charge is -2.36. The Balaban J connectivity index is 1.36. The Bertz CT molecular complexity index is 605. The Kier molecular flexibility index (Phi) is 4.80. The van der Waals surface area contributed by atoms with Gasteiger partial charge in [0.05, 0.1) is 12.7 Å². The van der Waals surface area contributed by atoms with Crippen molar-refractivity contribution in [2.24, 2.45) is 5.92 Å². The molecule has 7 nitrogen and oxygen atoms in total. The maximum Gasteiger partial charge on any atom is 0.271 e. The summed E-state index contributed by atoms with van der Waals surface area (Å²) in [7, 11) is 0. The Morgan fingerprint density at radius 1 is 1.40 bits per heavy atom. The second-order valence-electron chi connectivity index (χ2n) is 7.87. The average molecular weight is 347 g/mol. The molecule has 0 aromatic carbocycles. The van der Waals surface area contributed by atoms with E-state index in [-0.39, 0.29) is 11.9 Å². The molecule has 1 aromatic rings. The molecule has 0 radical (unpaired) electrons. The van der Waals surface area contributed by atoms with Crippen LogP contribution in [0.1, 0.15) is 36.6 Å². The van der Waals surface area contributed by atoms with E-state index < -0.39 is 0 Å². The first-order valence-corrected chi connectivity index (χ1v) is 9.53. The second-order valence-corrected chi connectivity index (χ2v) is 7.87. The molecule has 0 spiro atoms. The number of nitrogens with zero attached hydrogens (tertiary/aromatic N) is 3. The normalized spacial score (nSPS) is 30.0. The van der Waals surface area contributed by atoms with Gasteiger partial charge in [0.25, 0.3) is 5.91 Å². The molecule has 138 valence electrons. The number of hydrogen-bond acceptors (Lipinski definition) is 5. The number of amides is 1.